The zero-order valence-electron chi connectivity index (χ0n) is 13.1. The van der Waals surface area contributed by atoms with Gasteiger partial charge in [0.05, 0.1) is 21.6 Å². The van der Waals surface area contributed by atoms with Crippen molar-refractivity contribution in [2.24, 2.45) is 0 Å². The van der Waals surface area contributed by atoms with Crippen molar-refractivity contribution in [1.82, 2.24) is 15.2 Å². The third-order valence-electron chi connectivity index (χ3n) is 3.72. The second kappa shape index (κ2) is 6.52. The molecular formula is C18H18ClN3O. The topological polar surface area (TPSA) is 45.2 Å². The molecule has 0 fully saturated rings. The number of fused-ring (bicyclic) bond motifs is 2. The molecule has 23 heavy (non-hydrogen) atoms. The number of nitrogens with one attached hydrogen (secondary N) is 1. The Morgan fingerprint density at radius 2 is 2.00 bits per heavy atom. The molecule has 0 saturated heterocycles. The number of para-hydroxylation sites is 1. The number of halogens is 1. The Morgan fingerprint density at radius 1 is 1.22 bits per heavy atom. The molecule has 0 atom stereocenters. The summed E-state index contributed by atoms with van der Waals surface area (Å²) in [5, 5.41) is 5.33. The van der Waals surface area contributed by atoms with E-state index in [1.807, 2.05) is 49.3 Å². The highest BCUT2D eigenvalue weighted by molar-refractivity contribution is 6.36. The standard InChI is InChI=1S/C18H18ClN3O/c1-22(2)10-9-20-18(23)13-7-8-15(19)14-11-12-5-3-4-6-16(12)21-17(13)14/h3-8,11H,9-10H2,1-2H3,(H,20,23). The summed E-state index contributed by atoms with van der Waals surface area (Å²) in [6.45, 7) is 1.37. The molecule has 1 aromatic heterocycles. The van der Waals surface area contributed by atoms with E-state index >= 15 is 0 Å². The first-order valence-electron chi connectivity index (χ1n) is 7.47. The number of rotatable bonds is 4. The number of amides is 1. The van der Waals surface area contributed by atoms with Crippen LogP contribution in [0.15, 0.2) is 42.5 Å². The fourth-order valence-corrected chi connectivity index (χ4v) is 2.71. The Kier molecular flexibility index (Phi) is 4.46. The molecule has 0 spiro atoms. The van der Waals surface area contributed by atoms with Crippen molar-refractivity contribution in [2.75, 3.05) is 27.2 Å². The predicted molar refractivity (Wildman–Crippen MR) is 95.1 cm³/mol. The van der Waals surface area contributed by atoms with Crippen molar-refractivity contribution in [2.45, 2.75) is 0 Å². The molecule has 0 saturated carbocycles. The SMILES string of the molecule is CN(C)CCNC(=O)c1ccc(Cl)c2cc3ccccc3nc12. The monoisotopic (exact) mass is 327 g/mol. The van der Waals surface area contributed by atoms with E-state index < -0.39 is 0 Å². The van der Waals surface area contributed by atoms with Crippen LogP contribution in [0.3, 0.4) is 0 Å². The first kappa shape index (κ1) is 15.7. The van der Waals surface area contributed by atoms with Gasteiger partial charge in [0.15, 0.2) is 0 Å². The number of hydrogen-bond donors (Lipinski definition) is 1. The number of carbonyl (C=O) groups excluding carboxylic acids is 1. The molecule has 0 unspecified atom stereocenters. The minimum absolute atomic E-state index is 0.128. The zero-order valence-corrected chi connectivity index (χ0v) is 13.9. The summed E-state index contributed by atoms with van der Waals surface area (Å²) in [4.78, 5) is 19.1. The molecule has 0 radical (unpaired) electrons. The van der Waals surface area contributed by atoms with Gasteiger partial charge in [-0.05, 0) is 38.4 Å². The molecule has 1 amide bonds. The highest BCUT2D eigenvalue weighted by Gasteiger charge is 2.14. The molecule has 0 aliphatic rings. The van der Waals surface area contributed by atoms with E-state index in [0.29, 0.717) is 22.6 Å². The Morgan fingerprint density at radius 3 is 2.78 bits per heavy atom. The summed E-state index contributed by atoms with van der Waals surface area (Å²) in [6.07, 6.45) is 0. The number of carbonyl (C=O) groups is 1. The van der Waals surface area contributed by atoms with Crippen LogP contribution in [0.5, 0.6) is 0 Å². The van der Waals surface area contributed by atoms with Crippen LogP contribution in [0.1, 0.15) is 10.4 Å². The lowest BCUT2D eigenvalue weighted by atomic mass is 10.1. The van der Waals surface area contributed by atoms with Crippen molar-refractivity contribution in [1.29, 1.82) is 0 Å². The minimum atomic E-state index is -0.128. The molecule has 2 aromatic carbocycles. The quantitative estimate of drug-likeness (QED) is 0.748. The van der Waals surface area contributed by atoms with E-state index in [1.54, 1.807) is 12.1 Å². The summed E-state index contributed by atoms with van der Waals surface area (Å²) in [5.74, 6) is -0.128. The molecule has 0 bridgehead atoms. The van der Waals surface area contributed by atoms with Crippen LogP contribution in [0.2, 0.25) is 5.02 Å². The van der Waals surface area contributed by atoms with Crippen molar-refractivity contribution in [3.63, 3.8) is 0 Å². The summed E-state index contributed by atoms with van der Waals surface area (Å²) in [6, 6.07) is 13.3. The van der Waals surface area contributed by atoms with E-state index in [4.69, 9.17) is 11.6 Å². The van der Waals surface area contributed by atoms with Gasteiger partial charge < -0.3 is 10.2 Å². The minimum Gasteiger partial charge on any atom is -0.351 e. The van der Waals surface area contributed by atoms with E-state index in [2.05, 4.69) is 10.3 Å². The second-order valence-corrected chi connectivity index (χ2v) is 6.14. The Bertz CT molecular complexity index is 877. The van der Waals surface area contributed by atoms with Crippen LogP contribution >= 0.6 is 11.6 Å². The van der Waals surface area contributed by atoms with Gasteiger partial charge in [-0.15, -0.1) is 0 Å². The van der Waals surface area contributed by atoms with Gasteiger partial charge in [-0.3, -0.25) is 4.79 Å². The lowest BCUT2D eigenvalue weighted by Crippen LogP contribution is -2.31. The maximum absolute atomic E-state index is 12.5. The largest absolute Gasteiger partial charge is 0.351 e. The average Bonchev–Trinajstić information content (AvgIpc) is 2.53. The number of aromatic nitrogens is 1. The van der Waals surface area contributed by atoms with Crippen molar-refractivity contribution < 1.29 is 4.79 Å². The molecule has 0 aliphatic carbocycles. The molecule has 5 heteroatoms. The van der Waals surface area contributed by atoms with Gasteiger partial charge in [0.2, 0.25) is 0 Å². The van der Waals surface area contributed by atoms with Crippen molar-refractivity contribution in [3.05, 3.63) is 53.1 Å². The number of benzene rings is 2. The fraction of sp³-hybridized carbons (Fsp3) is 0.222. The van der Waals surface area contributed by atoms with Gasteiger partial charge in [-0.2, -0.15) is 0 Å². The third-order valence-corrected chi connectivity index (χ3v) is 4.05. The highest BCUT2D eigenvalue weighted by Crippen LogP contribution is 2.28. The van der Waals surface area contributed by atoms with Crippen molar-refractivity contribution >= 4 is 39.3 Å². The molecular weight excluding hydrogens is 310 g/mol. The van der Waals surface area contributed by atoms with Gasteiger partial charge >= 0.3 is 0 Å². The van der Waals surface area contributed by atoms with Crippen LogP contribution in [-0.4, -0.2) is 43.0 Å². The molecule has 3 rings (SSSR count). The van der Waals surface area contributed by atoms with Gasteiger partial charge in [0.1, 0.15) is 0 Å². The average molecular weight is 328 g/mol. The van der Waals surface area contributed by atoms with Gasteiger partial charge in [-0.25, -0.2) is 4.98 Å². The Balaban J connectivity index is 2.05. The maximum atomic E-state index is 12.5. The van der Waals surface area contributed by atoms with Crippen LogP contribution in [-0.2, 0) is 0 Å². The lowest BCUT2D eigenvalue weighted by Gasteiger charge is -2.12. The van der Waals surface area contributed by atoms with E-state index in [9.17, 15) is 4.79 Å². The Hall–Kier alpha value is -2.17. The summed E-state index contributed by atoms with van der Waals surface area (Å²) < 4.78 is 0. The highest BCUT2D eigenvalue weighted by atomic mass is 35.5. The number of hydrogen-bond acceptors (Lipinski definition) is 3. The molecule has 118 valence electrons. The van der Waals surface area contributed by atoms with Crippen LogP contribution < -0.4 is 5.32 Å². The van der Waals surface area contributed by atoms with E-state index in [-0.39, 0.29) is 5.91 Å². The number of nitrogens with zero attached hydrogens (tertiary/aromatic N) is 2. The van der Waals surface area contributed by atoms with Gasteiger partial charge in [-0.1, -0.05) is 29.8 Å². The fourth-order valence-electron chi connectivity index (χ4n) is 2.50. The zero-order chi connectivity index (χ0) is 16.4. The first-order chi connectivity index (χ1) is 11.1. The smallest absolute Gasteiger partial charge is 0.253 e. The molecule has 3 aromatic rings. The third kappa shape index (κ3) is 3.28. The van der Waals surface area contributed by atoms with Gasteiger partial charge in [0.25, 0.3) is 5.91 Å². The van der Waals surface area contributed by atoms with Crippen molar-refractivity contribution in [3.8, 4) is 0 Å². The van der Waals surface area contributed by atoms with E-state index in [1.165, 1.54) is 0 Å². The molecule has 4 nitrogen and oxygen atoms in total. The van der Waals surface area contributed by atoms with Crippen LogP contribution in [0, 0.1) is 0 Å². The summed E-state index contributed by atoms with van der Waals surface area (Å²) >= 11 is 6.30. The van der Waals surface area contributed by atoms with Gasteiger partial charge in [0, 0.05) is 23.9 Å². The first-order valence-corrected chi connectivity index (χ1v) is 7.85. The Labute approximate surface area is 140 Å². The van der Waals surface area contributed by atoms with Crippen LogP contribution in [0.4, 0.5) is 0 Å². The van der Waals surface area contributed by atoms with Crippen LogP contribution in [0.25, 0.3) is 21.8 Å². The molecule has 1 N–H and O–H groups in total. The summed E-state index contributed by atoms with van der Waals surface area (Å²) in [5.41, 5.74) is 2.04. The maximum Gasteiger partial charge on any atom is 0.253 e. The molecule has 0 aliphatic heterocycles. The normalized spacial score (nSPS) is 11.3. The summed E-state index contributed by atoms with van der Waals surface area (Å²) in [7, 11) is 3.94. The number of pyridine rings is 1. The van der Waals surface area contributed by atoms with E-state index in [0.717, 1.165) is 22.8 Å². The number of likely N-dealkylation sites (N-methyl/N-ethyl adjacent to an activating group) is 1. The predicted octanol–water partition coefficient (Wildman–Crippen LogP) is 3.33. The lowest BCUT2D eigenvalue weighted by molar-refractivity contribution is 0.0952. The molecule has 1 heterocycles. The second-order valence-electron chi connectivity index (χ2n) is 5.73.